The van der Waals surface area contributed by atoms with Crippen molar-refractivity contribution in [2.24, 2.45) is 10.7 Å². The SMILES string of the molecule is Cc1csc(CN=C(N)Nc2cccc3c2CCCC3)n1. The zero-order chi connectivity index (χ0) is 14.7. The van der Waals surface area contributed by atoms with E-state index >= 15 is 0 Å². The molecule has 1 aromatic carbocycles. The van der Waals surface area contributed by atoms with Crippen LogP contribution in [-0.4, -0.2) is 10.9 Å². The molecule has 1 aromatic heterocycles. The zero-order valence-corrected chi connectivity index (χ0v) is 13.0. The third-order valence-electron chi connectivity index (χ3n) is 3.71. The standard InChI is InChI=1S/C16H20N4S/c1-11-10-21-15(19-11)9-18-16(17)20-14-8-4-6-12-5-2-3-7-13(12)14/h4,6,8,10H,2-3,5,7,9H2,1H3,(H3,17,18,20). The highest BCUT2D eigenvalue weighted by Gasteiger charge is 2.13. The lowest BCUT2D eigenvalue weighted by atomic mass is 9.90. The number of hydrogen-bond acceptors (Lipinski definition) is 3. The van der Waals surface area contributed by atoms with Gasteiger partial charge in [0.2, 0.25) is 0 Å². The Morgan fingerprint density at radius 2 is 2.24 bits per heavy atom. The molecule has 0 bridgehead atoms. The quantitative estimate of drug-likeness (QED) is 0.675. The summed E-state index contributed by atoms with van der Waals surface area (Å²) < 4.78 is 0. The molecule has 5 heteroatoms. The minimum Gasteiger partial charge on any atom is -0.370 e. The van der Waals surface area contributed by atoms with E-state index in [1.54, 1.807) is 11.3 Å². The number of thiazole rings is 1. The number of benzene rings is 1. The van der Waals surface area contributed by atoms with Crippen molar-refractivity contribution >= 4 is 23.0 Å². The van der Waals surface area contributed by atoms with Gasteiger partial charge in [0, 0.05) is 16.8 Å². The monoisotopic (exact) mass is 300 g/mol. The van der Waals surface area contributed by atoms with Crippen LogP contribution in [0, 0.1) is 6.92 Å². The first-order valence-electron chi connectivity index (χ1n) is 7.31. The molecule has 0 spiro atoms. The summed E-state index contributed by atoms with van der Waals surface area (Å²) in [6.45, 7) is 2.52. The van der Waals surface area contributed by atoms with E-state index in [-0.39, 0.29) is 0 Å². The number of guanidine groups is 1. The van der Waals surface area contributed by atoms with Gasteiger partial charge in [0.15, 0.2) is 5.96 Å². The van der Waals surface area contributed by atoms with Crippen molar-refractivity contribution in [3.63, 3.8) is 0 Å². The second-order valence-electron chi connectivity index (χ2n) is 5.36. The summed E-state index contributed by atoms with van der Waals surface area (Å²) in [6.07, 6.45) is 4.82. The summed E-state index contributed by atoms with van der Waals surface area (Å²) >= 11 is 1.62. The maximum Gasteiger partial charge on any atom is 0.193 e. The first-order chi connectivity index (χ1) is 10.2. The van der Waals surface area contributed by atoms with Crippen LogP contribution < -0.4 is 11.1 Å². The van der Waals surface area contributed by atoms with E-state index in [0.717, 1.165) is 22.8 Å². The number of nitrogens with one attached hydrogen (secondary N) is 1. The lowest BCUT2D eigenvalue weighted by molar-refractivity contribution is 0.687. The summed E-state index contributed by atoms with van der Waals surface area (Å²) in [6, 6.07) is 6.38. The summed E-state index contributed by atoms with van der Waals surface area (Å²) in [5, 5.41) is 6.27. The van der Waals surface area contributed by atoms with E-state index in [2.05, 4.69) is 33.5 Å². The largest absolute Gasteiger partial charge is 0.370 e. The Kier molecular flexibility index (Phi) is 4.20. The summed E-state index contributed by atoms with van der Waals surface area (Å²) in [4.78, 5) is 8.77. The third kappa shape index (κ3) is 3.42. The second-order valence-corrected chi connectivity index (χ2v) is 6.30. The molecule has 0 amide bonds. The van der Waals surface area contributed by atoms with Crippen LogP contribution in [0.3, 0.4) is 0 Å². The normalized spacial score (nSPS) is 14.8. The number of aromatic nitrogens is 1. The zero-order valence-electron chi connectivity index (χ0n) is 12.2. The van der Waals surface area contributed by atoms with Gasteiger partial charge in [-0.1, -0.05) is 12.1 Å². The van der Waals surface area contributed by atoms with Crippen molar-refractivity contribution in [3.05, 3.63) is 45.4 Å². The van der Waals surface area contributed by atoms with Crippen molar-refractivity contribution in [1.29, 1.82) is 0 Å². The fourth-order valence-corrected chi connectivity index (χ4v) is 3.40. The molecule has 0 fully saturated rings. The fraction of sp³-hybridized carbons (Fsp3) is 0.375. The number of aryl methyl sites for hydroxylation is 2. The van der Waals surface area contributed by atoms with Gasteiger partial charge in [-0.3, -0.25) is 0 Å². The number of fused-ring (bicyclic) bond motifs is 1. The summed E-state index contributed by atoms with van der Waals surface area (Å²) in [5.41, 5.74) is 11.0. The second kappa shape index (κ2) is 6.26. The maximum atomic E-state index is 6.01. The molecule has 1 aliphatic carbocycles. The minimum atomic E-state index is 0.460. The molecule has 0 radical (unpaired) electrons. The van der Waals surface area contributed by atoms with Gasteiger partial charge in [0.1, 0.15) is 5.01 Å². The molecule has 1 aliphatic rings. The average Bonchev–Trinajstić information content (AvgIpc) is 2.91. The predicted octanol–water partition coefficient (Wildman–Crippen LogP) is 3.26. The molecule has 110 valence electrons. The van der Waals surface area contributed by atoms with Crippen molar-refractivity contribution in [2.75, 3.05) is 5.32 Å². The first-order valence-corrected chi connectivity index (χ1v) is 8.19. The van der Waals surface area contributed by atoms with Gasteiger partial charge in [-0.25, -0.2) is 9.98 Å². The van der Waals surface area contributed by atoms with Crippen LogP contribution in [0.25, 0.3) is 0 Å². The maximum absolute atomic E-state index is 6.01. The van der Waals surface area contributed by atoms with Crippen LogP contribution in [0.2, 0.25) is 0 Å². The number of hydrogen-bond donors (Lipinski definition) is 2. The summed E-state index contributed by atoms with van der Waals surface area (Å²) in [5.74, 6) is 0.460. The Morgan fingerprint density at radius 3 is 3.05 bits per heavy atom. The van der Waals surface area contributed by atoms with E-state index in [0.29, 0.717) is 12.5 Å². The minimum absolute atomic E-state index is 0.460. The van der Waals surface area contributed by atoms with Crippen LogP contribution in [-0.2, 0) is 19.4 Å². The smallest absolute Gasteiger partial charge is 0.193 e. The molecule has 4 nitrogen and oxygen atoms in total. The van der Waals surface area contributed by atoms with Gasteiger partial charge in [0.25, 0.3) is 0 Å². The van der Waals surface area contributed by atoms with Crippen LogP contribution in [0.15, 0.2) is 28.6 Å². The molecular formula is C16H20N4S. The molecule has 0 unspecified atom stereocenters. The summed E-state index contributed by atoms with van der Waals surface area (Å²) in [7, 11) is 0. The molecule has 0 atom stereocenters. The topological polar surface area (TPSA) is 63.3 Å². The highest BCUT2D eigenvalue weighted by atomic mass is 32.1. The van der Waals surface area contributed by atoms with Gasteiger partial charge in [0.05, 0.1) is 6.54 Å². The average molecular weight is 300 g/mol. The number of anilines is 1. The van der Waals surface area contributed by atoms with Gasteiger partial charge in [-0.15, -0.1) is 11.3 Å². The van der Waals surface area contributed by atoms with Crippen molar-refractivity contribution in [1.82, 2.24) is 4.98 Å². The van der Waals surface area contributed by atoms with Crippen LogP contribution in [0.1, 0.15) is 34.7 Å². The van der Waals surface area contributed by atoms with Gasteiger partial charge < -0.3 is 11.1 Å². The van der Waals surface area contributed by atoms with Crippen LogP contribution in [0.5, 0.6) is 0 Å². The van der Waals surface area contributed by atoms with Gasteiger partial charge >= 0.3 is 0 Å². The van der Waals surface area contributed by atoms with Crippen molar-refractivity contribution in [2.45, 2.75) is 39.2 Å². The Hall–Kier alpha value is -1.88. The lowest BCUT2D eigenvalue weighted by Crippen LogP contribution is -2.24. The first kappa shape index (κ1) is 14.1. The van der Waals surface area contributed by atoms with E-state index < -0.39 is 0 Å². The highest BCUT2D eigenvalue weighted by molar-refractivity contribution is 7.09. The number of nitrogens with two attached hydrogens (primary N) is 1. The fourth-order valence-electron chi connectivity index (χ4n) is 2.70. The van der Waals surface area contributed by atoms with E-state index in [9.17, 15) is 0 Å². The van der Waals surface area contributed by atoms with Gasteiger partial charge in [-0.2, -0.15) is 0 Å². The van der Waals surface area contributed by atoms with E-state index in [1.807, 2.05) is 12.3 Å². The Bertz CT molecular complexity index is 660. The molecule has 2 aromatic rings. The molecule has 0 saturated carbocycles. The molecule has 0 aliphatic heterocycles. The van der Waals surface area contributed by atoms with E-state index in [1.165, 1.54) is 30.4 Å². The number of rotatable bonds is 3. The van der Waals surface area contributed by atoms with Crippen molar-refractivity contribution < 1.29 is 0 Å². The van der Waals surface area contributed by atoms with E-state index in [4.69, 9.17) is 5.73 Å². The van der Waals surface area contributed by atoms with Crippen LogP contribution in [0.4, 0.5) is 5.69 Å². The Morgan fingerprint density at radius 1 is 1.38 bits per heavy atom. The molecule has 1 heterocycles. The lowest BCUT2D eigenvalue weighted by Gasteiger charge is -2.19. The predicted molar refractivity (Wildman–Crippen MR) is 88.9 cm³/mol. The molecule has 21 heavy (non-hydrogen) atoms. The number of nitrogens with zero attached hydrogens (tertiary/aromatic N) is 2. The molecule has 0 saturated heterocycles. The molecular weight excluding hydrogens is 280 g/mol. The van der Waals surface area contributed by atoms with Crippen LogP contribution >= 0.6 is 11.3 Å². The van der Waals surface area contributed by atoms with Crippen molar-refractivity contribution in [3.8, 4) is 0 Å². The Balaban J connectivity index is 1.71. The Labute approximate surface area is 129 Å². The molecule has 3 rings (SSSR count). The molecule has 3 N–H and O–H groups in total. The van der Waals surface area contributed by atoms with Gasteiger partial charge in [-0.05, 0) is 49.8 Å². The third-order valence-corrected chi connectivity index (χ3v) is 4.66. The highest BCUT2D eigenvalue weighted by Crippen LogP contribution is 2.27. The number of aliphatic imine (C=N–C) groups is 1.